The van der Waals surface area contributed by atoms with Gasteiger partial charge in [-0.05, 0) is 55.7 Å². The summed E-state index contributed by atoms with van der Waals surface area (Å²) in [6.07, 6.45) is 6.27. The normalized spacial score (nSPS) is 19.2. The third-order valence-electron chi connectivity index (χ3n) is 5.73. The second kappa shape index (κ2) is 7.84. The number of amides is 1. The Hall–Kier alpha value is -2.92. The number of carbonyl (C=O) groups is 2. The molecule has 1 aliphatic rings. The first-order valence-corrected chi connectivity index (χ1v) is 10.1. The largest absolute Gasteiger partial charge is 0.325 e. The first-order valence-electron chi connectivity index (χ1n) is 9.70. The van der Waals surface area contributed by atoms with Gasteiger partial charge in [0.15, 0.2) is 5.78 Å². The summed E-state index contributed by atoms with van der Waals surface area (Å²) in [6, 6.07) is 16.4. The van der Waals surface area contributed by atoms with Gasteiger partial charge >= 0.3 is 0 Å². The molecule has 0 saturated heterocycles. The van der Waals surface area contributed by atoms with Gasteiger partial charge in [-0.15, -0.1) is 0 Å². The van der Waals surface area contributed by atoms with Crippen molar-refractivity contribution in [2.75, 3.05) is 7.05 Å². The molecule has 0 radical (unpaired) electrons. The van der Waals surface area contributed by atoms with Crippen LogP contribution in [0.25, 0.3) is 5.69 Å². The zero-order valence-electron chi connectivity index (χ0n) is 16.2. The Morgan fingerprint density at radius 2 is 1.86 bits per heavy atom. The molecule has 0 N–H and O–H groups in total. The molecular weight excluding hydrogens is 386 g/mol. The summed E-state index contributed by atoms with van der Waals surface area (Å²) < 4.78 is 1.73. The molecule has 6 heteroatoms. The summed E-state index contributed by atoms with van der Waals surface area (Å²) >= 11 is 6.49. The average molecular weight is 408 g/mol. The van der Waals surface area contributed by atoms with Crippen molar-refractivity contribution in [2.24, 2.45) is 0 Å². The SMILES string of the molecule is CN(C(=O)c1ccc(-n2cccn2)cc1)C1(c2ccccc2Cl)CCCCC1=O. The van der Waals surface area contributed by atoms with Crippen molar-refractivity contribution in [3.8, 4) is 5.69 Å². The van der Waals surface area contributed by atoms with Crippen LogP contribution < -0.4 is 0 Å². The number of hydrogen-bond donors (Lipinski definition) is 0. The van der Waals surface area contributed by atoms with Gasteiger partial charge in [-0.25, -0.2) is 4.68 Å². The molecule has 1 unspecified atom stereocenters. The van der Waals surface area contributed by atoms with Crippen LogP contribution in [-0.4, -0.2) is 33.4 Å². The fraction of sp³-hybridized carbons (Fsp3) is 0.261. The number of rotatable bonds is 4. The van der Waals surface area contributed by atoms with Crippen molar-refractivity contribution in [3.63, 3.8) is 0 Å². The highest BCUT2D eigenvalue weighted by Crippen LogP contribution is 2.42. The Morgan fingerprint density at radius 3 is 2.52 bits per heavy atom. The molecule has 5 nitrogen and oxygen atoms in total. The van der Waals surface area contributed by atoms with Crippen LogP contribution in [0.3, 0.4) is 0 Å². The van der Waals surface area contributed by atoms with Crippen molar-refractivity contribution in [1.82, 2.24) is 14.7 Å². The van der Waals surface area contributed by atoms with Gasteiger partial charge < -0.3 is 4.90 Å². The van der Waals surface area contributed by atoms with E-state index in [0.717, 1.165) is 18.5 Å². The summed E-state index contributed by atoms with van der Waals surface area (Å²) in [5.74, 6) is -0.159. The Balaban J connectivity index is 1.71. The lowest BCUT2D eigenvalue weighted by atomic mass is 9.74. The van der Waals surface area contributed by atoms with Crippen molar-refractivity contribution < 1.29 is 9.59 Å². The minimum atomic E-state index is -1.03. The summed E-state index contributed by atoms with van der Waals surface area (Å²) in [6.45, 7) is 0. The fourth-order valence-corrected chi connectivity index (χ4v) is 4.47. The zero-order chi connectivity index (χ0) is 20.4. The number of Topliss-reactive ketones (excluding diaryl/α,β-unsaturated/α-hetero) is 1. The topological polar surface area (TPSA) is 55.2 Å². The van der Waals surface area contributed by atoms with Crippen LogP contribution in [0.4, 0.5) is 0 Å². The Bertz CT molecular complexity index is 1030. The van der Waals surface area contributed by atoms with Gasteiger partial charge in [-0.1, -0.05) is 29.8 Å². The first-order chi connectivity index (χ1) is 14.0. The quantitative estimate of drug-likeness (QED) is 0.633. The van der Waals surface area contributed by atoms with E-state index in [0.29, 0.717) is 29.0 Å². The number of aromatic nitrogens is 2. The maximum absolute atomic E-state index is 13.4. The number of halogens is 1. The predicted molar refractivity (Wildman–Crippen MR) is 112 cm³/mol. The zero-order valence-corrected chi connectivity index (χ0v) is 17.0. The third-order valence-corrected chi connectivity index (χ3v) is 6.06. The van der Waals surface area contributed by atoms with Crippen LogP contribution in [0.15, 0.2) is 67.0 Å². The van der Waals surface area contributed by atoms with E-state index in [1.165, 1.54) is 0 Å². The average Bonchev–Trinajstić information content (AvgIpc) is 3.29. The van der Waals surface area contributed by atoms with Gasteiger partial charge in [-0.3, -0.25) is 9.59 Å². The molecule has 0 spiro atoms. The van der Waals surface area contributed by atoms with Crippen molar-refractivity contribution in [2.45, 2.75) is 31.2 Å². The molecule has 0 bridgehead atoms. The van der Waals surface area contributed by atoms with Gasteiger partial charge in [0, 0.05) is 42.0 Å². The molecule has 3 aromatic rings. The van der Waals surface area contributed by atoms with Crippen LogP contribution in [0.5, 0.6) is 0 Å². The molecule has 4 rings (SSSR count). The second-order valence-electron chi connectivity index (χ2n) is 7.33. The second-order valence-corrected chi connectivity index (χ2v) is 7.74. The minimum absolute atomic E-state index is 0.0425. The van der Waals surface area contributed by atoms with E-state index >= 15 is 0 Å². The molecule has 1 saturated carbocycles. The molecule has 1 fully saturated rings. The maximum atomic E-state index is 13.4. The Labute approximate surface area is 174 Å². The maximum Gasteiger partial charge on any atom is 0.254 e. The molecule has 29 heavy (non-hydrogen) atoms. The van der Waals surface area contributed by atoms with Crippen LogP contribution in [-0.2, 0) is 10.3 Å². The lowest BCUT2D eigenvalue weighted by Gasteiger charge is -2.44. The van der Waals surface area contributed by atoms with E-state index in [1.807, 2.05) is 42.6 Å². The predicted octanol–water partition coefficient (Wildman–Crippen LogP) is 4.64. The monoisotopic (exact) mass is 407 g/mol. The van der Waals surface area contributed by atoms with E-state index in [-0.39, 0.29) is 11.7 Å². The van der Waals surface area contributed by atoms with Gasteiger partial charge in [-0.2, -0.15) is 5.10 Å². The van der Waals surface area contributed by atoms with Gasteiger partial charge in [0.05, 0.1) is 5.69 Å². The molecular formula is C23H22ClN3O2. The summed E-state index contributed by atoms with van der Waals surface area (Å²) in [5, 5.41) is 4.71. The smallest absolute Gasteiger partial charge is 0.254 e. The summed E-state index contributed by atoms with van der Waals surface area (Å²) in [7, 11) is 1.70. The highest BCUT2D eigenvalue weighted by Gasteiger charge is 2.48. The van der Waals surface area contributed by atoms with Crippen molar-refractivity contribution in [1.29, 1.82) is 0 Å². The molecule has 1 atom stereocenters. The van der Waals surface area contributed by atoms with Crippen LogP contribution in [0.2, 0.25) is 5.02 Å². The van der Waals surface area contributed by atoms with Crippen molar-refractivity contribution in [3.05, 3.63) is 83.1 Å². The summed E-state index contributed by atoms with van der Waals surface area (Å²) in [5.41, 5.74) is 1.06. The van der Waals surface area contributed by atoms with Crippen LogP contribution in [0.1, 0.15) is 41.6 Å². The van der Waals surface area contributed by atoms with E-state index in [2.05, 4.69) is 5.10 Å². The number of hydrogen-bond acceptors (Lipinski definition) is 3. The third kappa shape index (κ3) is 3.36. The molecule has 1 aromatic heterocycles. The molecule has 1 heterocycles. The standard InChI is InChI=1S/C23H22ClN3O2/c1-26(22(29)17-10-12-18(13-11-17)27-16-6-15-25-27)23(14-5-4-9-21(23)28)19-7-2-3-8-20(19)24/h2-3,6-8,10-13,15-16H,4-5,9,14H2,1H3. The lowest BCUT2D eigenvalue weighted by Crippen LogP contribution is -2.54. The van der Waals surface area contributed by atoms with Crippen LogP contribution in [0, 0.1) is 0 Å². The van der Waals surface area contributed by atoms with Gasteiger partial charge in [0.25, 0.3) is 5.91 Å². The number of nitrogens with zero attached hydrogens (tertiary/aromatic N) is 3. The molecule has 2 aromatic carbocycles. The lowest BCUT2D eigenvalue weighted by molar-refractivity contribution is -0.132. The molecule has 0 aliphatic heterocycles. The minimum Gasteiger partial charge on any atom is -0.325 e. The Kier molecular flexibility index (Phi) is 5.24. The van der Waals surface area contributed by atoms with E-state index in [1.54, 1.807) is 41.0 Å². The van der Waals surface area contributed by atoms with Gasteiger partial charge in [0.1, 0.15) is 5.54 Å². The highest BCUT2D eigenvalue weighted by atomic mass is 35.5. The fourth-order valence-electron chi connectivity index (χ4n) is 4.17. The van der Waals surface area contributed by atoms with E-state index < -0.39 is 5.54 Å². The van der Waals surface area contributed by atoms with Gasteiger partial charge in [0.2, 0.25) is 0 Å². The summed E-state index contributed by atoms with van der Waals surface area (Å²) in [4.78, 5) is 28.2. The Morgan fingerprint density at radius 1 is 1.10 bits per heavy atom. The number of carbonyl (C=O) groups excluding carboxylic acids is 2. The van der Waals surface area contributed by atoms with Crippen molar-refractivity contribution >= 4 is 23.3 Å². The highest BCUT2D eigenvalue weighted by molar-refractivity contribution is 6.31. The number of ketones is 1. The first kappa shape index (κ1) is 19.4. The number of benzene rings is 2. The van der Waals surface area contributed by atoms with Crippen LogP contribution >= 0.6 is 11.6 Å². The number of likely N-dealkylation sites (N-methyl/N-ethyl adjacent to an activating group) is 1. The molecule has 148 valence electrons. The van der Waals surface area contributed by atoms with E-state index in [9.17, 15) is 9.59 Å². The molecule has 1 aliphatic carbocycles. The van der Waals surface area contributed by atoms with E-state index in [4.69, 9.17) is 11.6 Å². The molecule has 1 amide bonds.